The van der Waals surface area contributed by atoms with Crippen molar-refractivity contribution in [3.05, 3.63) is 222 Å². The van der Waals surface area contributed by atoms with Crippen LogP contribution in [0.1, 0.15) is 49.9 Å². The van der Waals surface area contributed by atoms with Crippen LogP contribution in [-0.2, 0) is 10.8 Å². The normalized spacial score (nSPS) is 14.1. The van der Waals surface area contributed by atoms with Gasteiger partial charge < -0.3 is 9.32 Å². The molecule has 0 bridgehead atoms. The van der Waals surface area contributed by atoms with Crippen molar-refractivity contribution in [3.63, 3.8) is 0 Å². The second kappa shape index (κ2) is 13.5. The van der Waals surface area contributed by atoms with E-state index in [4.69, 9.17) is 4.42 Å². The van der Waals surface area contributed by atoms with Crippen molar-refractivity contribution >= 4 is 39.0 Å². The molecule has 9 aromatic carbocycles. The third kappa shape index (κ3) is 5.29. The highest BCUT2D eigenvalue weighted by Gasteiger charge is 2.40. The summed E-state index contributed by atoms with van der Waals surface area (Å²) in [5.41, 5.74) is 22.7. The Kier molecular flexibility index (Phi) is 7.96. The summed E-state index contributed by atoms with van der Waals surface area (Å²) in [6.45, 7) is 9.49. The maximum Gasteiger partial charge on any atom is 0.143 e. The summed E-state index contributed by atoms with van der Waals surface area (Å²) >= 11 is 0. The van der Waals surface area contributed by atoms with Crippen LogP contribution >= 0.6 is 0 Å². The van der Waals surface area contributed by atoms with Crippen molar-refractivity contribution in [2.75, 3.05) is 4.90 Å². The predicted octanol–water partition coefficient (Wildman–Crippen LogP) is 16.7. The number of hydrogen-bond donors (Lipinski definition) is 0. The highest BCUT2D eigenvalue weighted by molar-refractivity contribution is 6.11. The highest BCUT2D eigenvalue weighted by atomic mass is 16.3. The van der Waals surface area contributed by atoms with Crippen LogP contribution in [0, 0.1) is 0 Å². The molecule has 0 saturated carbocycles. The van der Waals surface area contributed by atoms with E-state index in [-0.39, 0.29) is 10.8 Å². The number of para-hydroxylation sites is 3. The molecule has 1 heterocycles. The third-order valence-electron chi connectivity index (χ3n) is 13.9. The molecule has 0 aliphatic heterocycles. The van der Waals surface area contributed by atoms with Crippen molar-refractivity contribution in [1.29, 1.82) is 0 Å². The standard InChI is InChI=1S/C60H45NO/c1-59(2)51-25-12-8-20-44(51)45-34-33-41(37-53(45)59)61(54-27-14-10-19-42(54)38-17-6-5-7-18-38)40-31-29-39(30-32-40)43-35-36-47(56-50-22-9-13-26-52(50)60(3,4)57(43)56)49-24-16-23-48-46-21-11-15-28-55(46)62-58(48)49/h5-37H,1-4H3. The summed E-state index contributed by atoms with van der Waals surface area (Å²) in [7, 11) is 0. The minimum Gasteiger partial charge on any atom is -0.455 e. The van der Waals surface area contributed by atoms with Crippen molar-refractivity contribution in [3.8, 4) is 55.6 Å². The lowest BCUT2D eigenvalue weighted by Crippen LogP contribution is -2.17. The number of furan rings is 1. The molecule has 0 saturated heterocycles. The fourth-order valence-electron chi connectivity index (χ4n) is 10.9. The quantitative estimate of drug-likeness (QED) is 0.167. The topological polar surface area (TPSA) is 16.4 Å². The van der Waals surface area contributed by atoms with Crippen molar-refractivity contribution in [2.45, 2.75) is 38.5 Å². The van der Waals surface area contributed by atoms with Gasteiger partial charge in [-0.15, -0.1) is 0 Å². The average molecular weight is 796 g/mol. The number of nitrogens with zero attached hydrogens (tertiary/aromatic N) is 1. The van der Waals surface area contributed by atoms with Crippen LogP contribution in [-0.4, -0.2) is 0 Å². The zero-order valence-corrected chi connectivity index (χ0v) is 35.4. The Balaban J connectivity index is 1.03. The van der Waals surface area contributed by atoms with Crippen LogP contribution in [0.5, 0.6) is 0 Å². The van der Waals surface area contributed by atoms with Crippen molar-refractivity contribution < 1.29 is 4.42 Å². The van der Waals surface area contributed by atoms with Gasteiger partial charge in [-0.2, -0.15) is 0 Å². The highest BCUT2D eigenvalue weighted by Crippen LogP contribution is 2.57. The van der Waals surface area contributed by atoms with Gasteiger partial charge in [-0.1, -0.05) is 191 Å². The van der Waals surface area contributed by atoms with E-state index in [1.807, 2.05) is 6.07 Å². The lowest BCUT2D eigenvalue weighted by Gasteiger charge is -2.30. The van der Waals surface area contributed by atoms with E-state index >= 15 is 0 Å². The van der Waals surface area contributed by atoms with E-state index in [0.29, 0.717) is 0 Å². The molecule has 62 heavy (non-hydrogen) atoms. The molecule has 296 valence electrons. The fourth-order valence-corrected chi connectivity index (χ4v) is 10.9. The predicted molar refractivity (Wildman–Crippen MR) is 260 cm³/mol. The second-order valence-electron chi connectivity index (χ2n) is 18.0. The molecule has 2 aliphatic carbocycles. The maximum atomic E-state index is 6.65. The molecule has 12 rings (SSSR count). The Morgan fingerprint density at radius 1 is 0.371 bits per heavy atom. The van der Waals surface area contributed by atoms with E-state index in [0.717, 1.165) is 44.6 Å². The van der Waals surface area contributed by atoms with E-state index in [2.05, 4.69) is 227 Å². The van der Waals surface area contributed by atoms with Crippen LogP contribution in [0.15, 0.2) is 205 Å². The molecule has 0 amide bonds. The lowest BCUT2D eigenvalue weighted by atomic mass is 9.78. The molecule has 2 heteroatoms. The molecule has 10 aromatic rings. The minimum atomic E-state index is -0.229. The molecule has 0 unspecified atom stereocenters. The number of benzene rings is 9. The molecule has 2 nitrogen and oxygen atoms in total. The molecule has 0 spiro atoms. The summed E-state index contributed by atoms with van der Waals surface area (Å²) in [6.07, 6.45) is 0. The van der Waals surface area contributed by atoms with Crippen LogP contribution < -0.4 is 4.90 Å². The van der Waals surface area contributed by atoms with Crippen LogP contribution in [0.25, 0.3) is 77.6 Å². The van der Waals surface area contributed by atoms with Gasteiger partial charge in [-0.05, 0) is 103 Å². The fraction of sp³-hybridized carbons (Fsp3) is 0.100. The Morgan fingerprint density at radius 2 is 0.935 bits per heavy atom. The molecule has 0 radical (unpaired) electrons. The Morgan fingerprint density at radius 3 is 1.74 bits per heavy atom. The zero-order chi connectivity index (χ0) is 41.7. The molecule has 2 aliphatic rings. The zero-order valence-electron chi connectivity index (χ0n) is 35.4. The van der Waals surface area contributed by atoms with Crippen molar-refractivity contribution in [2.24, 2.45) is 0 Å². The average Bonchev–Trinajstić information content (AvgIpc) is 3.90. The van der Waals surface area contributed by atoms with Gasteiger partial charge in [0.25, 0.3) is 0 Å². The number of anilines is 3. The van der Waals surface area contributed by atoms with Crippen LogP contribution in [0.4, 0.5) is 17.1 Å². The van der Waals surface area contributed by atoms with Gasteiger partial charge in [0.15, 0.2) is 0 Å². The van der Waals surface area contributed by atoms with Gasteiger partial charge in [-0.25, -0.2) is 0 Å². The van der Waals surface area contributed by atoms with Gasteiger partial charge in [0.1, 0.15) is 11.2 Å². The summed E-state index contributed by atoms with van der Waals surface area (Å²) in [4.78, 5) is 2.45. The van der Waals surface area contributed by atoms with E-state index in [1.54, 1.807) is 0 Å². The minimum absolute atomic E-state index is 0.122. The number of hydrogen-bond acceptors (Lipinski definition) is 2. The van der Waals surface area contributed by atoms with Crippen LogP contribution in [0.3, 0.4) is 0 Å². The van der Waals surface area contributed by atoms with Gasteiger partial charge in [-0.3, -0.25) is 0 Å². The van der Waals surface area contributed by atoms with Gasteiger partial charge in [0.05, 0.1) is 5.69 Å². The molecule has 1 aromatic heterocycles. The summed E-state index contributed by atoms with van der Waals surface area (Å²) in [5, 5.41) is 2.29. The smallest absolute Gasteiger partial charge is 0.143 e. The van der Waals surface area contributed by atoms with E-state index < -0.39 is 0 Å². The lowest BCUT2D eigenvalue weighted by molar-refractivity contribution is 0.660. The van der Waals surface area contributed by atoms with Crippen molar-refractivity contribution in [1.82, 2.24) is 0 Å². The maximum absolute atomic E-state index is 6.65. The first-order valence-corrected chi connectivity index (χ1v) is 21.8. The molecule has 0 N–H and O–H groups in total. The number of fused-ring (bicyclic) bond motifs is 9. The molecule has 0 fully saturated rings. The summed E-state index contributed by atoms with van der Waals surface area (Å²) < 4.78 is 6.65. The summed E-state index contributed by atoms with van der Waals surface area (Å²) in [6, 6.07) is 73.4. The Labute approximate surface area is 363 Å². The Bertz CT molecular complexity index is 3400. The Hall–Kier alpha value is -7.42. The summed E-state index contributed by atoms with van der Waals surface area (Å²) in [5.74, 6) is 0. The third-order valence-corrected chi connectivity index (χ3v) is 13.9. The van der Waals surface area contributed by atoms with Gasteiger partial charge >= 0.3 is 0 Å². The van der Waals surface area contributed by atoms with Gasteiger partial charge in [0, 0.05) is 44.1 Å². The molecular weight excluding hydrogens is 751 g/mol. The van der Waals surface area contributed by atoms with Gasteiger partial charge in [0.2, 0.25) is 0 Å². The largest absolute Gasteiger partial charge is 0.455 e. The van der Waals surface area contributed by atoms with E-state index in [9.17, 15) is 0 Å². The van der Waals surface area contributed by atoms with E-state index in [1.165, 1.54) is 72.3 Å². The molecular formula is C60H45NO. The number of rotatable bonds is 6. The second-order valence-corrected chi connectivity index (χ2v) is 18.0. The first-order valence-electron chi connectivity index (χ1n) is 21.8. The monoisotopic (exact) mass is 795 g/mol. The first kappa shape index (κ1) is 36.4. The van der Waals surface area contributed by atoms with Crippen LogP contribution in [0.2, 0.25) is 0 Å². The first-order chi connectivity index (χ1) is 30.3. The SMILES string of the molecule is CC1(C)c2ccccc2-c2ccc(N(c3ccc(-c4ccc(-c5cccc6c5oc5ccccc56)c5c4C(C)(C)c4ccccc4-5)cc3)c3ccccc3-c3ccccc3)cc21. The molecule has 0 atom stereocenters.